The molecule has 1 aromatic heterocycles. The van der Waals surface area contributed by atoms with E-state index in [-0.39, 0.29) is 11.0 Å². The van der Waals surface area contributed by atoms with Crippen molar-refractivity contribution in [1.29, 1.82) is 0 Å². The summed E-state index contributed by atoms with van der Waals surface area (Å²) in [6.07, 6.45) is 0. The number of benzene rings is 1. The van der Waals surface area contributed by atoms with Crippen molar-refractivity contribution in [3.63, 3.8) is 0 Å². The van der Waals surface area contributed by atoms with Gasteiger partial charge in [-0.1, -0.05) is 13.8 Å². The smallest absolute Gasteiger partial charge is 0.121 e. The van der Waals surface area contributed by atoms with Gasteiger partial charge in [0.1, 0.15) is 11.6 Å². The molecule has 18 heavy (non-hydrogen) atoms. The van der Waals surface area contributed by atoms with Crippen molar-refractivity contribution in [3.8, 4) is 5.75 Å². The normalized spacial score (nSPS) is 13.0. The quantitative estimate of drug-likeness (QED) is 0.876. The van der Waals surface area contributed by atoms with Gasteiger partial charge in [-0.25, -0.2) is 4.98 Å². The Hall–Kier alpha value is -1.55. The van der Waals surface area contributed by atoms with E-state index >= 15 is 0 Å². The van der Waals surface area contributed by atoms with E-state index in [9.17, 15) is 0 Å². The summed E-state index contributed by atoms with van der Waals surface area (Å²) < 4.78 is 5.21. The highest BCUT2D eigenvalue weighted by Crippen LogP contribution is 2.32. The number of H-pyrrole nitrogens is 1. The molecular formula is C14H21N3O. The van der Waals surface area contributed by atoms with Gasteiger partial charge in [0, 0.05) is 17.0 Å². The predicted octanol–water partition coefficient (Wildman–Crippen LogP) is 2.59. The van der Waals surface area contributed by atoms with Gasteiger partial charge in [0.05, 0.1) is 18.1 Å². The van der Waals surface area contributed by atoms with Crippen molar-refractivity contribution >= 4 is 11.0 Å². The van der Waals surface area contributed by atoms with Crippen LogP contribution in [0.25, 0.3) is 11.0 Å². The van der Waals surface area contributed by atoms with Crippen LogP contribution in [0.4, 0.5) is 0 Å². The van der Waals surface area contributed by atoms with Crippen LogP contribution in [0, 0.1) is 0 Å². The van der Waals surface area contributed by atoms with Gasteiger partial charge in [-0.05, 0) is 26.0 Å². The molecule has 2 rings (SSSR count). The fourth-order valence-corrected chi connectivity index (χ4v) is 1.72. The number of nitrogens with zero attached hydrogens (tertiary/aromatic N) is 1. The minimum Gasteiger partial charge on any atom is -0.497 e. The molecule has 98 valence electrons. The summed E-state index contributed by atoms with van der Waals surface area (Å²) in [5.41, 5.74) is 7.55. The highest BCUT2D eigenvalue weighted by molar-refractivity contribution is 5.77. The summed E-state index contributed by atoms with van der Waals surface area (Å²) in [7, 11) is 1.66. The Morgan fingerprint density at radius 1 is 1.22 bits per heavy atom. The maximum atomic E-state index is 6.24. The zero-order chi connectivity index (χ0) is 13.6. The van der Waals surface area contributed by atoms with E-state index in [0.29, 0.717) is 0 Å². The van der Waals surface area contributed by atoms with Crippen molar-refractivity contribution in [2.24, 2.45) is 5.73 Å². The second-order valence-electron chi connectivity index (χ2n) is 5.82. The first-order valence-corrected chi connectivity index (χ1v) is 6.09. The van der Waals surface area contributed by atoms with Gasteiger partial charge in [0.2, 0.25) is 0 Å². The van der Waals surface area contributed by atoms with Crippen LogP contribution in [0.5, 0.6) is 5.75 Å². The lowest BCUT2D eigenvalue weighted by Crippen LogP contribution is -2.50. The van der Waals surface area contributed by atoms with Crippen LogP contribution in [0.15, 0.2) is 18.2 Å². The molecule has 4 nitrogen and oxygen atoms in total. The van der Waals surface area contributed by atoms with Gasteiger partial charge < -0.3 is 15.5 Å². The molecule has 1 heterocycles. The average Bonchev–Trinajstić information content (AvgIpc) is 2.70. The summed E-state index contributed by atoms with van der Waals surface area (Å²) in [4.78, 5) is 7.98. The molecule has 0 aliphatic heterocycles. The predicted molar refractivity (Wildman–Crippen MR) is 73.9 cm³/mol. The monoisotopic (exact) mass is 247 g/mol. The zero-order valence-electron chi connectivity index (χ0n) is 11.7. The lowest BCUT2D eigenvalue weighted by molar-refractivity contribution is 0.293. The van der Waals surface area contributed by atoms with Crippen molar-refractivity contribution < 1.29 is 4.74 Å². The Bertz CT molecular complexity index is 564. The molecule has 0 spiro atoms. The molecule has 1 aromatic carbocycles. The van der Waals surface area contributed by atoms with Crippen molar-refractivity contribution in [1.82, 2.24) is 9.97 Å². The van der Waals surface area contributed by atoms with Crippen LogP contribution >= 0.6 is 0 Å². The standard InChI is InChI=1S/C14H21N3O/c1-13(2,14(3,4)15)12-16-10-7-6-9(18-5)8-11(10)17-12/h6-8H,15H2,1-5H3,(H,16,17). The van der Waals surface area contributed by atoms with Crippen molar-refractivity contribution in [2.75, 3.05) is 7.11 Å². The van der Waals surface area contributed by atoms with Gasteiger partial charge in [0.15, 0.2) is 0 Å². The Labute approximate surface area is 108 Å². The van der Waals surface area contributed by atoms with Gasteiger partial charge in [0.25, 0.3) is 0 Å². The summed E-state index contributed by atoms with van der Waals surface area (Å²) in [5.74, 6) is 1.72. The molecule has 0 saturated heterocycles. The number of ether oxygens (including phenoxy) is 1. The van der Waals surface area contributed by atoms with Crippen molar-refractivity contribution in [3.05, 3.63) is 24.0 Å². The number of aromatic nitrogens is 2. The van der Waals surface area contributed by atoms with Crippen LogP contribution in [-0.2, 0) is 5.41 Å². The number of hydrogen-bond acceptors (Lipinski definition) is 3. The van der Waals surface area contributed by atoms with Crippen LogP contribution in [0.1, 0.15) is 33.5 Å². The molecule has 0 aliphatic carbocycles. The van der Waals surface area contributed by atoms with E-state index in [1.54, 1.807) is 7.11 Å². The van der Waals surface area contributed by atoms with Crippen molar-refractivity contribution in [2.45, 2.75) is 38.6 Å². The highest BCUT2D eigenvalue weighted by Gasteiger charge is 2.37. The molecule has 0 saturated carbocycles. The maximum Gasteiger partial charge on any atom is 0.121 e. The first-order chi connectivity index (χ1) is 8.25. The molecule has 4 heteroatoms. The minimum atomic E-state index is -0.356. The molecule has 0 fully saturated rings. The first-order valence-electron chi connectivity index (χ1n) is 6.09. The molecule has 0 bridgehead atoms. The SMILES string of the molecule is COc1ccc2nc(C(C)(C)C(C)(C)N)[nH]c2c1. The van der Waals surface area contributed by atoms with E-state index in [0.717, 1.165) is 22.6 Å². The van der Waals surface area contributed by atoms with Gasteiger partial charge >= 0.3 is 0 Å². The Morgan fingerprint density at radius 3 is 2.44 bits per heavy atom. The Kier molecular flexibility index (Phi) is 2.86. The largest absolute Gasteiger partial charge is 0.497 e. The molecule has 0 aliphatic rings. The van der Waals surface area contributed by atoms with Gasteiger partial charge in [-0.2, -0.15) is 0 Å². The number of methoxy groups -OCH3 is 1. The third kappa shape index (κ3) is 1.97. The first kappa shape index (κ1) is 12.9. The number of hydrogen-bond donors (Lipinski definition) is 2. The lowest BCUT2D eigenvalue weighted by Gasteiger charge is -2.36. The molecule has 0 atom stereocenters. The number of aromatic amines is 1. The van der Waals surface area contributed by atoms with Crippen LogP contribution in [0.3, 0.4) is 0 Å². The van der Waals surface area contributed by atoms with Crippen LogP contribution in [-0.4, -0.2) is 22.6 Å². The Morgan fingerprint density at radius 2 is 1.89 bits per heavy atom. The van der Waals surface area contributed by atoms with Gasteiger partial charge in [-0.15, -0.1) is 0 Å². The molecule has 2 aromatic rings. The number of imidazole rings is 1. The van der Waals surface area contributed by atoms with E-state index in [1.807, 2.05) is 32.0 Å². The number of nitrogens with two attached hydrogens (primary N) is 1. The summed E-state index contributed by atoms with van der Waals surface area (Å²) in [6.45, 7) is 8.23. The molecule has 0 amide bonds. The number of fused-ring (bicyclic) bond motifs is 1. The van der Waals surface area contributed by atoms with E-state index in [2.05, 4.69) is 23.8 Å². The molecule has 0 radical (unpaired) electrons. The van der Waals surface area contributed by atoms with E-state index < -0.39 is 0 Å². The summed E-state index contributed by atoms with van der Waals surface area (Å²) >= 11 is 0. The van der Waals surface area contributed by atoms with Gasteiger partial charge in [-0.3, -0.25) is 0 Å². The fourth-order valence-electron chi connectivity index (χ4n) is 1.72. The van der Waals surface area contributed by atoms with Crippen LogP contribution < -0.4 is 10.5 Å². The van der Waals surface area contributed by atoms with E-state index in [1.165, 1.54) is 0 Å². The Balaban J connectivity index is 2.54. The number of nitrogens with one attached hydrogen (secondary N) is 1. The summed E-state index contributed by atoms with van der Waals surface area (Å²) in [5, 5.41) is 0. The molecular weight excluding hydrogens is 226 g/mol. The third-order valence-corrected chi connectivity index (χ3v) is 3.89. The maximum absolute atomic E-state index is 6.24. The average molecular weight is 247 g/mol. The zero-order valence-corrected chi connectivity index (χ0v) is 11.7. The highest BCUT2D eigenvalue weighted by atomic mass is 16.5. The van der Waals surface area contributed by atoms with E-state index in [4.69, 9.17) is 10.5 Å². The third-order valence-electron chi connectivity index (χ3n) is 3.89. The second kappa shape index (κ2) is 3.99. The van der Waals surface area contributed by atoms with Crippen LogP contribution in [0.2, 0.25) is 0 Å². The minimum absolute atomic E-state index is 0.237. The fraction of sp³-hybridized carbons (Fsp3) is 0.500. The molecule has 3 N–H and O–H groups in total. The second-order valence-corrected chi connectivity index (χ2v) is 5.82. The summed E-state index contributed by atoms with van der Waals surface area (Å²) in [6, 6.07) is 5.81. The topological polar surface area (TPSA) is 63.9 Å². The molecule has 0 unspecified atom stereocenters. The lowest BCUT2D eigenvalue weighted by atomic mass is 9.74. The number of rotatable bonds is 3.